The van der Waals surface area contributed by atoms with Crippen molar-refractivity contribution in [1.82, 2.24) is 15.1 Å². The van der Waals surface area contributed by atoms with Crippen LogP contribution in [0.25, 0.3) is 0 Å². The van der Waals surface area contributed by atoms with Crippen molar-refractivity contribution in [3.8, 4) is 0 Å². The Morgan fingerprint density at radius 1 is 1.53 bits per heavy atom. The number of rotatable bonds is 5. The molecule has 0 aromatic carbocycles. The van der Waals surface area contributed by atoms with Crippen molar-refractivity contribution in [2.75, 3.05) is 0 Å². The summed E-state index contributed by atoms with van der Waals surface area (Å²) in [7, 11) is 0. The van der Waals surface area contributed by atoms with Gasteiger partial charge < -0.3 is 10.4 Å². The third kappa shape index (κ3) is 3.56. The molecular formula is C14H23N3O2. The van der Waals surface area contributed by atoms with E-state index in [1.54, 1.807) is 0 Å². The highest BCUT2D eigenvalue weighted by Crippen LogP contribution is 2.26. The molecule has 0 aliphatic heterocycles. The summed E-state index contributed by atoms with van der Waals surface area (Å²) in [6.07, 6.45) is 7.44. The molecule has 1 aliphatic carbocycles. The van der Waals surface area contributed by atoms with Gasteiger partial charge in [-0.2, -0.15) is 5.10 Å². The van der Waals surface area contributed by atoms with E-state index >= 15 is 0 Å². The van der Waals surface area contributed by atoms with E-state index in [1.165, 1.54) is 5.56 Å². The third-order valence-electron chi connectivity index (χ3n) is 4.04. The predicted molar refractivity (Wildman–Crippen MR) is 72.8 cm³/mol. The summed E-state index contributed by atoms with van der Waals surface area (Å²) in [5.41, 5.74) is 1.20. The molecule has 0 radical (unpaired) electrons. The zero-order chi connectivity index (χ0) is 13.8. The largest absolute Gasteiger partial charge is 0.481 e. The quantitative estimate of drug-likeness (QED) is 0.856. The zero-order valence-electron chi connectivity index (χ0n) is 11.7. The van der Waals surface area contributed by atoms with Crippen molar-refractivity contribution in [1.29, 1.82) is 0 Å². The van der Waals surface area contributed by atoms with E-state index in [9.17, 15) is 4.79 Å². The minimum absolute atomic E-state index is 0.142. The zero-order valence-corrected chi connectivity index (χ0v) is 11.7. The lowest BCUT2D eigenvalue weighted by Crippen LogP contribution is -2.36. The summed E-state index contributed by atoms with van der Waals surface area (Å²) in [5, 5.41) is 16.9. The van der Waals surface area contributed by atoms with Gasteiger partial charge in [0.25, 0.3) is 0 Å². The number of hydrogen-bond donors (Lipinski definition) is 2. The van der Waals surface area contributed by atoms with Crippen LogP contribution in [0.2, 0.25) is 0 Å². The van der Waals surface area contributed by atoms with Gasteiger partial charge >= 0.3 is 5.97 Å². The van der Waals surface area contributed by atoms with Gasteiger partial charge in [-0.25, -0.2) is 0 Å². The fourth-order valence-corrected chi connectivity index (χ4v) is 2.73. The Hall–Kier alpha value is -1.36. The third-order valence-corrected chi connectivity index (χ3v) is 4.04. The van der Waals surface area contributed by atoms with E-state index in [0.717, 1.165) is 32.2 Å². The van der Waals surface area contributed by atoms with Crippen molar-refractivity contribution in [3.63, 3.8) is 0 Å². The fourth-order valence-electron chi connectivity index (χ4n) is 2.73. The molecule has 1 heterocycles. The lowest BCUT2D eigenvalue weighted by Gasteiger charge is -2.29. The minimum Gasteiger partial charge on any atom is -0.481 e. The molecule has 0 spiro atoms. The van der Waals surface area contributed by atoms with E-state index in [0.29, 0.717) is 6.04 Å². The van der Waals surface area contributed by atoms with Gasteiger partial charge in [0, 0.05) is 30.4 Å². The maximum absolute atomic E-state index is 10.9. The van der Waals surface area contributed by atoms with E-state index < -0.39 is 5.97 Å². The van der Waals surface area contributed by atoms with E-state index in [1.807, 2.05) is 10.9 Å². The molecule has 1 aliphatic rings. The summed E-state index contributed by atoms with van der Waals surface area (Å²) in [6, 6.07) is 0.697. The van der Waals surface area contributed by atoms with Crippen LogP contribution >= 0.6 is 0 Å². The van der Waals surface area contributed by atoms with Gasteiger partial charge in [-0.3, -0.25) is 9.48 Å². The average Bonchev–Trinajstić information content (AvgIpc) is 2.88. The van der Waals surface area contributed by atoms with Gasteiger partial charge in [-0.05, 0) is 39.5 Å². The molecule has 1 atom stereocenters. The van der Waals surface area contributed by atoms with Crippen LogP contribution in [0.4, 0.5) is 0 Å². The first-order chi connectivity index (χ1) is 9.10. The number of carboxylic acids is 1. The van der Waals surface area contributed by atoms with Crippen molar-refractivity contribution in [2.45, 2.75) is 58.2 Å². The smallest absolute Gasteiger partial charge is 0.306 e. The molecule has 106 valence electrons. The Kier molecular flexibility index (Phi) is 4.58. The monoisotopic (exact) mass is 265 g/mol. The number of aryl methyl sites for hydroxylation is 1. The van der Waals surface area contributed by atoms with Gasteiger partial charge in [-0.1, -0.05) is 0 Å². The maximum Gasteiger partial charge on any atom is 0.306 e. The van der Waals surface area contributed by atoms with Crippen molar-refractivity contribution in [3.05, 3.63) is 18.0 Å². The SMILES string of the molecule is CCn1cc(C(C)NC2CCC(C(=O)O)CC2)cn1. The van der Waals surface area contributed by atoms with Gasteiger partial charge in [-0.15, -0.1) is 0 Å². The van der Waals surface area contributed by atoms with Crippen molar-refractivity contribution < 1.29 is 9.90 Å². The Morgan fingerprint density at radius 3 is 2.74 bits per heavy atom. The highest BCUT2D eigenvalue weighted by atomic mass is 16.4. The van der Waals surface area contributed by atoms with Gasteiger partial charge in [0.2, 0.25) is 0 Å². The van der Waals surface area contributed by atoms with Crippen LogP contribution in [0.5, 0.6) is 0 Å². The number of carbonyl (C=O) groups is 1. The molecular weight excluding hydrogens is 242 g/mol. The average molecular weight is 265 g/mol. The summed E-state index contributed by atoms with van der Waals surface area (Å²) in [6.45, 7) is 5.10. The number of carboxylic acid groups (broad SMARTS) is 1. The summed E-state index contributed by atoms with van der Waals surface area (Å²) < 4.78 is 1.93. The van der Waals surface area contributed by atoms with Crippen molar-refractivity contribution >= 4 is 5.97 Å². The predicted octanol–water partition coefficient (Wildman–Crippen LogP) is 2.20. The van der Waals surface area contributed by atoms with Gasteiger partial charge in [0.1, 0.15) is 0 Å². The summed E-state index contributed by atoms with van der Waals surface area (Å²) in [5.74, 6) is -0.785. The molecule has 2 rings (SSSR count). The Labute approximate surface area is 114 Å². The normalized spacial score (nSPS) is 25.2. The molecule has 1 saturated carbocycles. The molecule has 1 aromatic rings. The number of nitrogens with zero attached hydrogens (tertiary/aromatic N) is 2. The molecule has 19 heavy (non-hydrogen) atoms. The lowest BCUT2D eigenvalue weighted by atomic mass is 9.86. The van der Waals surface area contributed by atoms with Gasteiger partial charge in [0.15, 0.2) is 0 Å². The standard InChI is InChI=1S/C14H23N3O2/c1-3-17-9-12(8-15-17)10(2)16-13-6-4-11(5-7-13)14(18)19/h8-11,13,16H,3-7H2,1-2H3,(H,18,19). The molecule has 0 amide bonds. The Bertz CT molecular complexity index is 422. The molecule has 1 unspecified atom stereocenters. The molecule has 0 bridgehead atoms. The van der Waals surface area contributed by atoms with E-state index in [-0.39, 0.29) is 12.0 Å². The topological polar surface area (TPSA) is 67.2 Å². The number of hydrogen-bond acceptors (Lipinski definition) is 3. The van der Waals surface area contributed by atoms with Crippen LogP contribution in [-0.4, -0.2) is 26.9 Å². The molecule has 0 saturated heterocycles. The molecule has 5 nitrogen and oxygen atoms in total. The van der Waals surface area contributed by atoms with Crippen LogP contribution in [0.3, 0.4) is 0 Å². The van der Waals surface area contributed by atoms with Gasteiger partial charge in [0.05, 0.1) is 12.1 Å². The first-order valence-corrected chi connectivity index (χ1v) is 7.11. The molecule has 2 N–H and O–H groups in total. The second kappa shape index (κ2) is 6.19. The van der Waals surface area contributed by atoms with Crippen LogP contribution in [0.15, 0.2) is 12.4 Å². The van der Waals surface area contributed by atoms with E-state index in [2.05, 4.69) is 30.5 Å². The summed E-state index contributed by atoms with van der Waals surface area (Å²) in [4.78, 5) is 10.9. The van der Waals surface area contributed by atoms with Crippen molar-refractivity contribution in [2.24, 2.45) is 5.92 Å². The van der Waals surface area contributed by atoms with Crippen LogP contribution in [0.1, 0.15) is 51.1 Å². The van der Waals surface area contributed by atoms with Crippen LogP contribution in [-0.2, 0) is 11.3 Å². The van der Waals surface area contributed by atoms with Crippen LogP contribution in [0, 0.1) is 5.92 Å². The lowest BCUT2D eigenvalue weighted by molar-refractivity contribution is -0.142. The number of aromatic nitrogens is 2. The van der Waals surface area contributed by atoms with E-state index in [4.69, 9.17) is 5.11 Å². The highest BCUT2D eigenvalue weighted by Gasteiger charge is 2.26. The molecule has 5 heteroatoms. The minimum atomic E-state index is -0.643. The summed E-state index contributed by atoms with van der Waals surface area (Å²) >= 11 is 0. The Balaban J connectivity index is 1.83. The second-order valence-electron chi connectivity index (χ2n) is 5.40. The first kappa shape index (κ1) is 14.1. The highest BCUT2D eigenvalue weighted by molar-refractivity contribution is 5.70. The molecule has 1 aromatic heterocycles. The van der Waals surface area contributed by atoms with Crippen LogP contribution < -0.4 is 5.32 Å². The Morgan fingerprint density at radius 2 is 2.21 bits per heavy atom. The number of nitrogens with one attached hydrogen (secondary N) is 1. The maximum atomic E-state index is 10.9. The fraction of sp³-hybridized carbons (Fsp3) is 0.714. The number of aliphatic carboxylic acids is 1. The second-order valence-corrected chi connectivity index (χ2v) is 5.40. The molecule has 1 fully saturated rings. The first-order valence-electron chi connectivity index (χ1n) is 7.11.